The predicted octanol–water partition coefficient (Wildman–Crippen LogP) is 5.49. The molecule has 0 spiro atoms. The van der Waals surface area contributed by atoms with Crippen molar-refractivity contribution in [3.05, 3.63) is 83.4 Å². The fourth-order valence-corrected chi connectivity index (χ4v) is 4.76. The number of benzene rings is 3. The minimum absolute atomic E-state index is 0.194. The molecule has 0 radical (unpaired) electrons. The maximum atomic E-state index is 10.1. The zero-order valence-corrected chi connectivity index (χ0v) is 19.0. The summed E-state index contributed by atoms with van der Waals surface area (Å²) in [5, 5.41) is 20.1. The summed E-state index contributed by atoms with van der Waals surface area (Å²) in [6, 6.07) is 20.4. The fourth-order valence-electron chi connectivity index (χ4n) is 4.76. The number of hydrogen-bond donors (Lipinski definition) is 2. The molecule has 1 atom stereocenters. The van der Waals surface area contributed by atoms with E-state index in [9.17, 15) is 10.2 Å². The maximum Gasteiger partial charge on any atom is 0.150 e. The van der Waals surface area contributed by atoms with Crippen LogP contribution in [0.3, 0.4) is 0 Å². The van der Waals surface area contributed by atoms with Crippen LogP contribution in [0, 0.1) is 5.92 Å². The first kappa shape index (κ1) is 21.4. The monoisotopic (exact) mass is 443 g/mol. The van der Waals surface area contributed by atoms with Gasteiger partial charge >= 0.3 is 0 Å². The molecule has 0 bridgehead atoms. The Morgan fingerprint density at radius 2 is 1.73 bits per heavy atom. The largest absolute Gasteiger partial charge is 0.508 e. The molecule has 2 N–H and O–H groups in total. The van der Waals surface area contributed by atoms with E-state index in [0.29, 0.717) is 6.61 Å². The number of nitrogens with zero attached hydrogens (tertiary/aromatic N) is 1. The smallest absolute Gasteiger partial charge is 0.150 e. The van der Waals surface area contributed by atoms with Crippen LogP contribution in [-0.4, -0.2) is 41.4 Å². The first-order valence-corrected chi connectivity index (χ1v) is 11.4. The summed E-state index contributed by atoms with van der Waals surface area (Å²) in [6.07, 6.45) is -0.347. The molecule has 2 heterocycles. The van der Waals surface area contributed by atoms with Crippen molar-refractivity contribution in [1.82, 2.24) is 4.90 Å². The van der Waals surface area contributed by atoms with Gasteiger partial charge in [-0.15, -0.1) is 0 Å². The molecule has 33 heavy (non-hydrogen) atoms. The molecule has 1 saturated heterocycles. The second-order valence-corrected chi connectivity index (χ2v) is 9.05. The maximum absolute atomic E-state index is 10.1. The first-order valence-electron chi connectivity index (χ1n) is 11.4. The van der Waals surface area contributed by atoms with Gasteiger partial charge in [0.15, 0.2) is 0 Å². The van der Waals surface area contributed by atoms with Crippen LogP contribution in [-0.2, 0) is 0 Å². The Labute approximate surface area is 194 Å². The van der Waals surface area contributed by atoms with Crippen molar-refractivity contribution in [3.63, 3.8) is 0 Å². The van der Waals surface area contributed by atoms with Gasteiger partial charge in [-0.25, -0.2) is 0 Å². The molecule has 170 valence electrons. The standard InChI is InChI=1S/C28H29NO4/c1-18-16-29(17-18)12-13-32-24-9-6-20(7-10-24)28-27(21-4-3-5-22(30)14-21)19(2)25-15-23(31)8-11-26(25)33-28/h3-11,14-15,18,28,30-31H,12-13,16-17H2,1-2H3. The summed E-state index contributed by atoms with van der Waals surface area (Å²) in [4.78, 5) is 2.40. The zero-order valence-electron chi connectivity index (χ0n) is 19.0. The van der Waals surface area contributed by atoms with Gasteiger partial charge in [-0.1, -0.05) is 31.2 Å². The number of allylic oxidation sites excluding steroid dienone is 1. The lowest BCUT2D eigenvalue weighted by atomic mass is 9.86. The number of aromatic hydroxyl groups is 2. The van der Waals surface area contributed by atoms with Crippen LogP contribution in [0.1, 0.15) is 36.6 Å². The fraction of sp³-hybridized carbons (Fsp3) is 0.286. The minimum atomic E-state index is -0.347. The average Bonchev–Trinajstić information content (AvgIpc) is 2.78. The molecule has 2 aliphatic rings. The lowest BCUT2D eigenvalue weighted by Gasteiger charge is -2.36. The van der Waals surface area contributed by atoms with E-state index in [4.69, 9.17) is 9.47 Å². The number of rotatable bonds is 6. The Morgan fingerprint density at radius 1 is 0.970 bits per heavy atom. The number of hydrogen-bond acceptors (Lipinski definition) is 5. The molecule has 1 unspecified atom stereocenters. The predicted molar refractivity (Wildman–Crippen MR) is 130 cm³/mol. The van der Waals surface area contributed by atoms with Crippen molar-refractivity contribution < 1.29 is 19.7 Å². The Morgan fingerprint density at radius 3 is 2.45 bits per heavy atom. The summed E-state index contributed by atoms with van der Waals surface area (Å²) < 4.78 is 12.4. The SMILES string of the molecule is CC1=C(c2cccc(O)c2)C(c2ccc(OCCN3CC(C)C3)cc2)Oc2ccc(O)cc21. The van der Waals surface area contributed by atoms with Crippen molar-refractivity contribution in [3.8, 4) is 23.0 Å². The van der Waals surface area contributed by atoms with E-state index in [1.165, 1.54) is 0 Å². The zero-order chi connectivity index (χ0) is 22.9. The van der Waals surface area contributed by atoms with Crippen molar-refractivity contribution in [2.24, 2.45) is 5.92 Å². The molecule has 3 aromatic rings. The molecule has 5 nitrogen and oxygen atoms in total. The van der Waals surface area contributed by atoms with Crippen LogP contribution in [0.4, 0.5) is 0 Å². The number of phenols is 2. The van der Waals surface area contributed by atoms with E-state index in [1.54, 1.807) is 30.3 Å². The number of likely N-dealkylation sites (tertiary alicyclic amines) is 1. The minimum Gasteiger partial charge on any atom is -0.508 e. The van der Waals surface area contributed by atoms with Crippen LogP contribution in [0.15, 0.2) is 66.7 Å². The molecule has 1 fully saturated rings. The molecule has 5 heteroatoms. The molecular formula is C28H29NO4. The molecule has 0 amide bonds. The Kier molecular flexibility index (Phi) is 5.73. The Balaban J connectivity index is 1.42. The van der Waals surface area contributed by atoms with Gasteiger partial charge in [0.25, 0.3) is 0 Å². The average molecular weight is 444 g/mol. The van der Waals surface area contributed by atoms with E-state index >= 15 is 0 Å². The first-order chi connectivity index (χ1) is 16.0. The van der Waals surface area contributed by atoms with E-state index in [0.717, 1.165) is 64.9 Å². The van der Waals surface area contributed by atoms with Gasteiger partial charge in [-0.3, -0.25) is 4.90 Å². The summed E-state index contributed by atoms with van der Waals surface area (Å²) in [5.74, 6) is 2.76. The van der Waals surface area contributed by atoms with Crippen molar-refractivity contribution in [2.75, 3.05) is 26.2 Å². The molecule has 0 aliphatic carbocycles. The van der Waals surface area contributed by atoms with Gasteiger partial charge < -0.3 is 19.7 Å². The van der Waals surface area contributed by atoms with Gasteiger partial charge in [-0.05, 0) is 72.0 Å². The quantitative estimate of drug-likeness (QED) is 0.527. The Hall–Kier alpha value is -3.44. The third kappa shape index (κ3) is 4.41. The molecule has 2 aliphatic heterocycles. The molecule has 3 aromatic carbocycles. The van der Waals surface area contributed by atoms with Crippen molar-refractivity contribution in [1.29, 1.82) is 0 Å². The highest BCUT2D eigenvalue weighted by molar-refractivity contribution is 5.95. The van der Waals surface area contributed by atoms with Gasteiger partial charge in [0.05, 0.1) is 0 Å². The van der Waals surface area contributed by atoms with Gasteiger partial charge in [0, 0.05) is 30.8 Å². The highest BCUT2D eigenvalue weighted by Crippen LogP contribution is 2.47. The lowest BCUT2D eigenvalue weighted by Crippen LogP contribution is -2.46. The second-order valence-electron chi connectivity index (χ2n) is 9.05. The molecule has 0 aromatic heterocycles. The van der Waals surface area contributed by atoms with E-state index < -0.39 is 0 Å². The topological polar surface area (TPSA) is 62.2 Å². The highest BCUT2D eigenvalue weighted by atomic mass is 16.5. The summed E-state index contributed by atoms with van der Waals surface area (Å²) >= 11 is 0. The third-order valence-corrected chi connectivity index (χ3v) is 6.43. The number of phenolic OH excluding ortho intramolecular Hbond substituents is 2. The van der Waals surface area contributed by atoms with Gasteiger partial charge in [-0.2, -0.15) is 0 Å². The lowest BCUT2D eigenvalue weighted by molar-refractivity contribution is 0.0932. The van der Waals surface area contributed by atoms with E-state index in [1.807, 2.05) is 43.3 Å². The highest BCUT2D eigenvalue weighted by Gasteiger charge is 2.29. The van der Waals surface area contributed by atoms with Crippen LogP contribution < -0.4 is 9.47 Å². The van der Waals surface area contributed by atoms with Crippen LogP contribution >= 0.6 is 0 Å². The van der Waals surface area contributed by atoms with Crippen molar-refractivity contribution >= 4 is 11.1 Å². The second kappa shape index (κ2) is 8.83. The number of fused-ring (bicyclic) bond motifs is 1. The Bertz CT molecular complexity index is 1180. The van der Waals surface area contributed by atoms with Crippen LogP contribution in [0.25, 0.3) is 11.1 Å². The number of ether oxygens (including phenoxy) is 2. The molecule has 5 rings (SSSR count). The van der Waals surface area contributed by atoms with Crippen molar-refractivity contribution in [2.45, 2.75) is 20.0 Å². The molecular weight excluding hydrogens is 414 g/mol. The van der Waals surface area contributed by atoms with Gasteiger partial charge in [0.1, 0.15) is 35.7 Å². The molecule has 0 saturated carbocycles. The van der Waals surface area contributed by atoms with Crippen LogP contribution in [0.2, 0.25) is 0 Å². The van der Waals surface area contributed by atoms with E-state index in [2.05, 4.69) is 11.8 Å². The van der Waals surface area contributed by atoms with E-state index in [-0.39, 0.29) is 17.6 Å². The third-order valence-electron chi connectivity index (χ3n) is 6.43. The van der Waals surface area contributed by atoms with Crippen LogP contribution in [0.5, 0.6) is 23.0 Å². The van der Waals surface area contributed by atoms with Gasteiger partial charge in [0.2, 0.25) is 0 Å². The summed E-state index contributed by atoms with van der Waals surface area (Å²) in [5.41, 5.74) is 4.70. The normalized spacial score (nSPS) is 18.4. The summed E-state index contributed by atoms with van der Waals surface area (Å²) in [7, 11) is 0. The summed E-state index contributed by atoms with van der Waals surface area (Å²) in [6.45, 7) is 8.24.